The zero-order valence-corrected chi connectivity index (χ0v) is 12.0. The molecule has 3 aromatic rings. The Bertz CT molecular complexity index is 755. The molecule has 0 aliphatic carbocycles. The molecule has 0 fully saturated rings. The van der Waals surface area contributed by atoms with Crippen molar-refractivity contribution in [2.24, 2.45) is 0 Å². The van der Waals surface area contributed by atoms with Gasteiger partial charge in [0.2, 0.25) is 5.95 Å². The highest BCUT2D eigenvalue weighted by molar-refractivity contribution is 5.90. The van der Waals surface area contributed by atoms with Crippen molar-refractivity contribution in [3.8, 4) is 0 Å². The molecule has 0 bridgehead atoms. The number of fused-ring (bicyclic) bond motifs is 1. The summed E-state index contributed by atoms with van der Waals surface area (Å²) in [5.74, 6) is 0.151. The van der Waals surface area contributed by atoms with Crippen molar-refractivity contribution in [2.45, 2.75) is 6.42 Å². The summed E-state index contributed by atoms with van der Waals surface area (Å²) in [6.45, 7) is 0.493. The molecule has 0 radical (unpaired) electrons. The van der Waals surface area contributed by atoms with Crippen molar-refractivity contribution in [3.05, 3.63) is 60.3 Å². The minimum Gasteiger partial charge on any atom is -0.371 e. The lowest BCUT2D eigenvalue weighted by atomic mass is 10.2. The van der Waals surface area contributed by atoms with E-state index in [1.807, 2.05) is 48.5 Å². The number of aromatic nitrogens is 3. The Balaban J connectivity index is 1.47. The zero-order valence-electron chi connectivity index (χ0n) is 12.0. The van der Waals surface area contributed by atoms with Gasteiger partial charge in [0.25, 0.3) is 5.91 Å². The van der Waals surface area contributed by atoms with Gasteiger partial charge in [-0.3, -0.25) is 14.5 Å². The first-order valence-corrected chi connectivity index (χ1v) is 7.04. The Labute approximate surface area is 127 Å². The van der Waals surface area contributed by atoms with Crippen LogP contribution >= 0.6 is 0 Å². The second-order valence-electron chi connectivity index (χ2n) is 4.79. The predicted molar refractivity (Wildman–Crippen MR) is 82.6 cm³/mol. The minimum absolute atomic E-state index is 0.00538. The van der Waals surface area contributed by atoms with Crippen LogP contribution < -0.4 is 5.32 Å². The minimum atomic E-state index is -0.244. The van der Waals surface area contributed by atoms with Gasteiger partial charge in [-0.05, 0) is 24.1 Å². The summed E-state index contributed by atoms with van der Waals surface area (Å²) >= 11 is 0. The van der Waals surface area contributed by atoms with Gasteiger partial charge in [0.05, 0.1) is 6.61 Å². The topological polar surface area (TPSA) is 68.5 Å². The predicted octanol–water partition coefficient (Wildman–Crippen LogP) is 1.93. The lowest BCUT2D eigenvalue weighted by molar-refractivity contribution is -0.120. The number of ether oxygens (including phenoxy) is 1. The number of benzene rings is 1. The second-order valence-corrected chi connectivity index (χ2v) is 4.79. The maximum absolute atomic E-state index is 11.8. The summed E-state index contributed by atoms with van der Waals surface area (Å²) in [5.41, 5.74) is 1.87. The molecule has 1 N–H and O–H groups in total. The standard InChI is InChI=1S/C16H16N4O2/c21-15(12-22-11-9-13-6-2-1-3-7-13)17-16-19-18-14-8-4-5-10-20(14)16/h1-8,10H,9,11-12H2,(H,17,19,21). The summed E-state index contributed by atoms with van der Waals surface area (Å²) in [6, 6.07) is 15.5. The van der Waals surface area contributed by atoms with Crippen LogP contribution in [0.15, 0.2) is 54.7 Å². The molecule has 112 valence electrons. The lowest BCUT2D eigenvalue weighted by Crippen LogP contribution is -2.20. The van der Waals surface area contributed by atoms with Crippen LogP contribution in [0, 0.1) is 0 Å². The monoisotopic (exact) mass is 296 g/mol. The number of rotatable bonds is 6. The highest BCUT2D eigenvalue weighted by Gasteiger charge is 2.08. The van der Waals surface area contributed by atoms with Crippen LogP contribution in [0.5, 0.6) is 0 Å². The summed E-state index contributed by atoms with van der Waals surface area (Å²) in [4.78, 5) is 11.8. The van der Waals surface area contributed by atoms with Crippen molar-refractivity contribution in [3.63, 3.8) is 0 Å². The SMILES string of the molecule is O=C(COCCc1ccccc1)Nc1nnc2ccccn12. The van der Waals surface area contributed by atoms with Gasteiger partial charge in [0.15, 0.2) is 5.65 Å². The molecule has 6 nitrogen and oxygen atoms in total. The fourth-order valence-electron chi connectivity index (χ4n) is 2.09. The van der Waals surface area contributed by atoms with E-state index in [1.165, 1.54) is 5.56 Å². The third-order valence-corrected chi connectivity index (χ3v) is 3.18. The van der Waals surface area contributed by atoms with E-state index in [1.54, 1.807) is 10.6 Å². The van der Waals surface area contributed by atoms with E-state index in [0.29, 0.717) is 18.2 Å². The molecular formula is C16H16N4O2. The normalized spacial score (nSPS) is 10.7. The second kappa shape index (κ2) is 6.82. The van der Waals surface area contributed by atoms with Crippen LogP contribution in [-0.4, -0.2) is 33.7 Å². The van der Waals surface area contributed by atoms with Gasteiger partial charge in [-0.15, -0.1) is 10.2 Å². The largest absolute Gasteiger partial charge is 0.371 e. The van der Waals surface area contributed by atoms with Crippen molar-refractivity contribution in [1.82, 2.24) is 14.6 Å². The first kappa shape index (κ1) is 14.2. The number of pyridine rings is 1. The molecule has 2 aromatic heterocycles. The van der Waals surface area contributed by atoms with Crippen LogP contribution in [0.4, 0.5) is 5.95 Å². The Morgan fingerprint density at radius 2 is 1.91 bits per heavy atom. The van der Waals surface area contributed by atoms with Crippen molar-refractivity contribution < 1.29 is 9.53 Å². The molecule has 6 heteroatoms. The van der Waals surface area contributed by atoms with Crippen molar-refractivity contribution in [1.29, 1.82) is 0 Å². The Kier molecular flexibility index (Phi) is 4.41. The van der Waals surface area contributed by atoms with Crippen molar-refractivity contribution >= 4 is 17.5 Å². The van der Waals surface area contributed by atoms with E-state index in [0.717, 1.165) is 6.42 Å². The van der Waals surface area contributed by atoms with E-state index in [4.69, 9.17) is 4.74 Å². The zero-order chi connectivity index (χ0) is 15.2. The molecule has 0 saturated carbocycles. The molecule has 0 aliphatic heterocycles. The molecule has 0 aliphatic rings. The highest BCUT2D eigenvalue weighted by Crippen LogP contribution is 2.07. The quantitative estimate of drug-likeness (QED) is 0.706. The van der Waals surface area contributed by atoms with Crippen LogP contribution in [0.25, 0.3) is 5.65 Å². The summed E-state index contributed by atoms with van der Waals surface area (Å²) in [7, 11) is 0. The number of amides is 1. The van der Waals surface area contributed by atoms with Gasteiger partial charge < -0.3 is 4.74 Å². The molecule has 2 heterocycles. The van der Waals surface area contributed by atoms with Crippen LogP contribution in [0.2, 0.25) is 0 Å². The molecular weight excluding hydrogens is 280 g/mol. The Morgan fingerprint density at radius 3 is 2.77 bits per heavy atom. The maximum atomic E-state index is 11.8. The third kappa shape index (κ3) is 3.48. The van der Waals surface area contributed by atoms with Crippen LogP contribution in [-0.2, 0) is 16.0 Å². The first-order valence-electron chi connectivity index (χ1n) is 7.04. The number of carbonyl (C=O) groups excluding carboxylic acids is 1. The van der Waals surface area contributed by atoms with Gasteiger partial charge >= 0.3 is 0 Å². The molecule has 0 spiro atoms. The fourth-order valence-corrected chi connectivity index (χ4v) is 2.09. The van der Waals surface area contributed by atoms with Crippen molar-refractivity contribution in [2.75, 3.05) is 18.5 Å². The number of nitrogens with zero attached hydrogens (tertiary/aromatic N) is 3. The summed E-state index contributed by atoms with van der Waals surface area (Å²) in [6.07, 6.45) is 2.57. The molecule has 22 heavy (non-hydrogen) atoms. The maximum Gasteiger partial charge on any atom is 0.252 e. The number of anilines is 1. The summed E-state index contributed by atoms with van der Waals surface area (Å²) in [5, 5.41) is 10.6. The van der Waals surface area contributed by atoms with E-state index in [2.05, 4.69) is 15.5 Å². The van der Waals surface area contributed by atoms with Crippen LogP contribution in [0.3, 0.4) is 0 Å². The number of carbonyl (C=O) groups is 1. The molecule has 0 unspecified atom stereocenters. The van der Waals surface area contributed by atoms with Crippen LogP contribution in [0.1, 0.15) is 5.56 Å². The van der Waals surface area contributed by atoms with E-state index in [-0.39, 0.29) is 12.5 Å². The fraction of sp³-hybridized carbons (Fsp3) is 0.188. The lowest BCUT2D eigenvalue weighted by Gasteiger charge is -2.05. The van der Waals surface area contributed by atoms with E-state index >= 15 is 0 Å². The molecule has 3 rings (SSSR count). The first-order chi connectivity index (χ1) is 10.8. The smallest absolute Gasteiger partial charge is 0.252 e. The highest BCUT2D eigenvalue weighted by atomic mass is 16.5. The summed E-state index contributed by atoms with van der Waals surface area (Å²) < 4.78 is 7.10. The number of hydrogen-bond donors (Lipinski definition) is 1. The molecule has 1 aromatic carbocycles. The average Bonchev–Trinajstić information content (AvgIpc) is 2.96. The van der Waals surface area contributed by atoms with Gasteiger partial charge in [-0.25, -0.2) is 0 Å². The van der Waals surface area contributed by atoms with Gasteiger partial charge in [0, 0.05) is 6.20 Å². The van der Waals surface area contributed by atoms with Gasteiger partial charge in [0.1, 0.15) is 6.61 Å². The number of nitrogens with one attached hydrogen (secondary N) is 1. The third-order valence-electron chi connectivity index (χ3n) is 3.18. The molecule has 1 amide bonds. The molecule has 0 atom stereocenters. The average molecular weight is 296 g/mol. The van der Waals surface area contributed by atoms with Gasteiger partial charge in [-0.2, -0.15) is 0 Å². The van der Waals surface area contributed by atoms with Gasteiger partial charge in [-0.1, -0.05) is 36.4 Å². The Hall–Kier alpha value is -2.73. The Morgan fingerprint density at radius 1 is 1.09 bits per heavy atom. The molecule has 0 saturated heterocycles. The van der Waals surface area contributed by atoms with E-state index < -0.39 is 0 Å². The number of hydrogen-bond acceptors (Lipinski definition) is 4. The van der Waals surface area contributed by atoms with E-state index in [9.17, 15) is 4.79 Å².